The Kier molecular flexibility index (Phi) is 5.44. The van der Waals surface area contributed by atoms with Crippen LogP contribution in [-0.2, 0) is 9.53 Å². The first-order chi connectivity index (χ1) is 12.5. The first-order valence-corrected chi connectivity index (χ1v) is 8.62. The van der Waals surface area contributed by atoms with Gasteiger partial charge in [-0.15, -0.1) is 0 Å². The van der Waals surface area contributed by atoms with Gasteiger partial charge in [-0.1, -0.05) is 35.9 Å². The summed E-state index contributed by atoms with van der Waals surface area (Å²) in [6.45, 7) is 0. The van der Waals surface area contributed by atoms with Gasteiger partial charge in [0, 0.05) is 5.02 Å². The quantitative estimate of drug-likeness (QED) is 0.618. The van der Waals surface area contributed by atoms with E-state index in [1.165, 1.54) is 7.11 Å². The molecule has 0 aliphatic carbocycles. The van der Waals surface area contributed by atoms with Gasteiger partial charge in [0.05, 0.1) is 31.5 Å². The smallest absolute Gasteiger partial charge is 0.338 e. The molecule has 0 bridgehead atoms. The van der Waals surface area contributed by atoms with Crippen LogP contribution in [0.15, 0.2) is 54.1 Å². The zero-order chi connectivity index (χ0) is 18.7. The van der Waals surface area contributed by atoms with E-state index in [4.69, 9.17) is 33.3 Å². The SMILES string of the molecule is COC(=O)C1=C(c2ccc(Cl)cc2)NC(=S)NC1c1ccc(OC)cc1. The molecule has 3 rings (SSSR count). The highest BCUT2D eigenvalue weighted by atomic mass is 35.5. The third-order valence-electron chi connectivity index (χ3n) is 4.06. The fourth-order valence-electron chi connectivity index (χ4n) is 2.79. The van der Waals surface area contributed by atoms with Gasteiger partial charge >= 0.3 is 5.97 Å². The van der Waals surface area contributed by atoms with E-state index < -0.39 is 12.0 Å². The number of nitrogens with one attached hydrogen (secondary N) is 2. The summed E-state index contributed by atoms with van der Waals surface area (Å²) >= 11 is 11.3. The van der Waals surface area contributed by atoms with Crippen molar-refractivity contribution in [3.05, 3.63) is 70.3 Å². The summed E-state index contributed by atoms with van der Waals surface area (Å²) < 4.78 is 10.2. The van der Waals surface area contributed by atoms with Gasteiger partial charge in [-0.25, -0.2) is 4.79 Å². The van der Waals surface area contributed by atoms with Gasteiger partial charge in [-0.2, -0.15) is 0 Å². The van der Waals surface area contributed by atoms with E-state index in [9.17, 15) is 4.79 Å². The summed E-state index contributed by atoms with van der Waals surface area (Å²) in [5, 5.41) is 7.24. The maximum Gasteiger partial charge on any atom is 0.338 e. The van der Waals surface area contributed by atoms with Gasteiger partial charge in [0.15, 0.2) is 5.11 Å². The predicted octanol–water partition coefficient (Wildman–Crippen LogP) is 3.45. The third-order valence-corrected chi connectivity index (χ3v) is 4.53. The van der Waals surface area contributed by atoms with Gasteiger partial charge in [-0.3, -0.25) is 0 Å². The number of ether oxygens (including phenoxy) is 2. The van der Waals surface area contributed by atoms with Crippen LogP contribution in [0.25, 0.3) is 5.70 Å². The lowest BCUT2D eigenvalue weighted by atomic mass is 9.93. The lowest BCUT2D eigenvalue weighted by Crippen LogP contribution is -2.45. The number of carbonyl (C=O) groups excluding carboxylic acids is 1. The minimum Gasteiger partial charge on any atom is -0.497 e. The molecule has 134 valence electrons. The van der Waals surface area contributed by atoms with Gasteiger partial charge in [0.2, 0.25) is 0 Å². The van der Waals surface area contributed by atoms with Crippen LogP contribution in [0.3, 0.4) is 0 Å². The number of hydrogen-bond donors (Lipinski definition) is 2. The molecule has 1 unspecified atom stereocenters. The van der Waals surface area contributed by atoms with Gasteiger partial charge in [-0.05, 0) is 47.6 Å². The molecule has 1 aliphatic rings. The minimum atomic E-state index is -0.451. The second kappa shape index (κ2) is 7.76. The molecule has 5 nitrogen and oxygen atoms in total. The molecular weight excluding hydrogens is 372 g/mol. The van der Waals surface area contributed by atoms with Gasteiger partial charge in [0.1, 0.15) is 5.75 Å². The number of benzene rings is 2. The first-order valence-electron chi connectivity index (χ1n) is 7.83. The number of methoxy groups -OCH3 is 2. The largest absolute Gasteiger partial charge is 0.497 e. The fourth-order valence-corrected chi connectivity index (χ4v) is 3.13. The average Bonchev–Trinajstić information content (AvgIpc) is 2.67. The van der Waals surface area contributed by atoms with E-state index in [0.29, 0.717) is 21.4 Å². The summed E-state index contributed by atoms with van der Waals surface area (Å²) in [6.07, 6.45) is 0. The molecule has 1 aliphatic heterocycles. The molecule has 0 aromatic heterocycles. The second-order valence-corrected chi connectivity index (χ2v) is 6.44. The maximum atomic E-state index is 12.6. The Morgan fingerprint density at radius 2 is 1.73 bits per heavy atom. The highest BCUT2D eigenvalue weighted by Gasteiger charge is 2.32. The van der Waals surface area contributed by atoms with E-state index in [-0.39, 0.29) is 0 Å². The summed E-state index contributed by atoms with van der Waals surface area (Å²) in [7, 11) is 2.96. The van der Waals surface area contributed by atoms with Crippen molar-refractivity contribution < 1.29 is 14.3 Å². The molecule has 7 heteroatoms. The zero-order valence-electron chi connectivity index (χ0n) is 14.2. The molecule has 0 radical (unpaired) electrons. The molecule has 0 spiro atoms. The lowest BCUT2D eigenvalue weighted by molar-refractivity contribution is -0.136. The summed E-state index contributed by atoms with van der Waals surface area (Å²) in [4.78, 5) is 12.6. The Labute approximate surface area is 161 Å². The Balaban J connectivity index is 2.14. The first kappa shape index (κ1) is 18.2. The van der Waals surface area contributed by atoms with Crippen molar-refractivity contribution in [3.8, 4) is 5.75 Å². The number of hydrogen-bond acceptors (Lipinski definition) is 4. The molecule has 0 saturated heterocycles. The maximum absolute atomic E-state index is 12.6. The Morgan fingerprint density at radius 3 is 2.31 bits per heavy atom. The summed E-state index contributed by atoms with van der Waals surface area (Å²) in [5.74, 6) is 0.282. The molecule has 1 atom stereocenters. The number of esters is 1. The average molecular weight is 389 g/mol. The van der Waals surface area contributed by atoms with Crippen molar-refractivity contribution in [1.82, 2.24) is 10.6 Å². The van der Waals surface area contributed by atoms with Crippen molar-refractivity contribution in [1.29, 1.82) is 0 Å². The number of carbonyl (C=O) groups is 1. The van der Waals surface area contributed by atoms with Crippen LogP contribution >= 0.6 is 23.8 Å². The summed E-state index contributed by atoms with van der Waals surface area (Å²) in [5.41, 5.74) is 2.69. The van der Waals surface area contributed by atoms with Crippen LogP contribution in [0.4, 0.5) is 0 Å². The highest BCUT2D eigenvalue weighted by Crippen LogP contribution is 2.33. The molecule has 0 saturated carbocycles. The van der Waals surface area contributed by atoms with E-state index in [0.717, 1.165) is 16.9 Å². The van der Waals surface area contributed by atoms with Crippen LogP contribution in [-0.4, -0.2) is 25.3 Å². The Hall–Kier alpha value is -2.57. The zero-order valence-corrected chi connectivity index (χ0v) is 15.8. The topological polar surface area (TPSA) is 59.6 Å². The van der Waals surface area contributed by atoms with Crippen molar-refractivity contribution in [2.75, 3.05) is 14.2 Å². The standard InChI is InChI=1S/C19H17ClN2O3S/c1-24-14-9-5-12(6-10-14)17-15(18(23)25-2)16(21-19(26)22-17)11-3-7-13(20)8-4-11/h3-10,17H,1-2H3,(H2,21,22,26). The van der Waals surface area contributed by atoms with Crippen LogP contribution in [0.1, 0.15) is 17.2 Å². The molecule has 0 fully saturated rings. The molecule has 2 aromatic rings. The number of halogens is 1. The van der Waals surface area contributed by atoms with E-state index in [2.05, 4.69) is 10.6 Å². The van der Waals surface area contributed by atoms with Crippen molar-refractivity contribution in [2.45, 2.75) is 6.04 Å². The minimum absolute atomic E-state index is 0.420. The monoisotopic (exact) mass is 388 g/mol. The molecule has 0 amide bonds. The van der Waals surface area contributed by atoms with E-state index in [1.807, 2.05) is 36.4 Å². The molecule has 1 heterocycles. The van der Waals surface area contributed by atoms with Crippen LogP contribution in [0.5, 0.6) is 5.75 Å². The van der Waals surface area contributed by atoms with Crippen LogP contribution in [0, 0.1) is 0 Å². The third kappa shape index (κ3) is 3.66. The fraction of sp³-hybridized carbons (Fsp3) is 0.158. The van der Waals surface area contributed by atoms with Gasteiger partial charge < -0.3 is 20.1 Å². The normalized spacial score (nSPS) is 16.6. The van der Waals surface area contributed by atoms with Gasteiger partial charge in [0.25, 0.3) is 0 Å². The van der Waals surface area contributed by atoms with Crippen LogP contribution in [0.2, 0.25) is 5.02 Å². The highest BCUT2D eigenvalue weighted by molar-refractivity contribution is 7.80. The predicted molar refractivity (Wildman–Crippen MR) is 105 cm³/mol. The van der Waals surface area contributed by atoms with Crippen molar-refractivity contribution >= 4 is 40.6 Å². The Morgan fingerprint density at radius 1 is 1.08 bits per heavy atom. The number of rotatable bonds is 4. The molecule has 26 heavy (non-hydrogen) atoms. The molecule has 2 N–H and O–H groups in total. The molecular formula is C19H17ClN2O3S. The Bertz CT molecular complexity index is 863. The van der Waals surface area contributed by atoms with Crippen molar-refractivity contribution in [2.24, 2.45) is 0 Å². The van der Waals surface area contributed by atoms with E-state index in [1.54, 1.807) is 19.2 Å². The lowest BCUT2D eigenvalue weighted by Gasteiger charge is -2.31. The molecule has 2 aromatic carbocycles. The second-order valence-electron chi connectivity index (χ2n) is 5.59. The van der Waals surface area contributed by atoms with E-state index >= 15 is 0 Å². The van der Waals surface area contributed by atoms with Crippen LogP contribution < -0.4 is 15.4 Å². The number of thiocarbonyl (C=S) groups is 1. The van der Waals surface area contributed by atoms with Crippen molar-refractivity contribution in [3.63, 3.8) is 0 Å². The summed E-state index contributed by atoms with van der Waals surface area (Å²) in [6, 6.07) is 14.1.